The lowest BCUT2D eigenvalue weighted by Gasteiger charge is -2.42. The third-order valence-electron chi connectivity index (χ3n) is 5.01. The summed E-state index contributed by atoms with van der Waals surface area (Å²) in [5, 5.41) is 2.80. The minimum absolute atomic E-state index is 0.156. The van der Waals surface area contributed by atoms with Crippen molar-refractivity contribution >= 4 is 11.7 Å². The first-order valence-electron chi connectivity index (χ1n) is 9.05. The van der Waals surface area contributed by atoms with Crippen LogP contribution in [0.5, 0.6) is 0 Å². The van der Waals surface area contributed by atoms with E-state index >= 15 is 0 Å². The first-order valence-corrected chi connectivity index (χ1v) is 9.05. The number of hydrogen-bond acceptors (Lipinski definition) is 5. The zero-order chi connectivity index (χ0) is 16.9. The maximum Gasteiger partial charge on any atom is 0.242 e. The van der Waals surface area contributed by atoms with Gasteiger partial charge in [0.05, 0.1) is 18.4 Å². The third kappa shape index (κ3) is 4.34. The second-order valence-corrected chi connectivity index (χ2v) is 7.02. The van der Waals surface area contributed by atoms with Gasteiger partial charge in [0.25, 0.3) is 0 Å². The van der Waals surface area contributed by atoms with Gasteiger partial charge in [-0.05, 0) is 25.2 Å². The van der Waals surface area contributed by atoms with Crippen molar-refractivity contribution in [1.29, 1.82) is 0 Å². The van der Waals surface area contributed by atoms with E-state index in [1.54, 1.807) is 6.33 Å². The molecule has 0 saturated carbocycles. The van der Waals surface area contributed by atoms with E-state index in [2.05, 4.69) is 19.8 Å². The Kier molecular flexibility index (Phi) is 5.86. The molecular weight excluding hydrogens is 306 g/mol. The van der Waals surface area contributed by atoms with E-state index in [-0.39, 0.29) is 5.91 Å². The first-order chi connectivity index (χ1) is 11.7. The fourth-order valence-electron chi connectivity index (χ4n) is 3.44. The molecule has 2 fully saturated rings. The van der Waals surface area contributed by atoms with Crippen molar-refractivity contribution in [3.63, 3.8) is 0 Å². The summed E-state index contributed by atoms with van der Waals surface area (Å²) >= 11 is 0. The number of carbonyl (C=O) groups is 1. The molecule has 0 aromatic carbocycles. The number of aromatic nitrogens is 2. The van der Waals surface area contributed by atoms with Gasteiger partial charge in [-0.2, -0.15) is 0 Å². The molecule has 0 radical (unpaired) electrons. The number of ether oxygens (including phenoxy) is 1. The van der Waals surface area contributed by atoms with Gasteiger partial charge in [-0.25, -0.2) is 4.98 Å². The molecule has 7 nitrogen and oxygen atoms in total. The number of amides is 1. The van der Waals surface area contributed by atoms with E-state index in [1.165, 1.54) is 19.4 Å². The Morgan fingerprint density at radius 3 is 2.92 bits per heavy atom. The highest BCUT2D eigenvalue weighted by Crippen LogP contribution is 2.25. The van der Waals surface area contributed by atoms with Crippen molar-refractivity contribution in [2.75, 3.05) is 38.2 Å². The number of nitrogens with two attached hydrogens (primary N) is 1. The summed E-state index contributed by atoms with van der Waals surface area (Å²) in [4.78, 5) is 18.7. The van der Waals surface area contributed by atoms with Crippen molar-refractivity contribution in [2.24, 2.45) is 11.7 Å². The van der Waals surface area contributed by atoms with Crippen LogP contribution < -0.4 is 11.1 Å². The topological polar surface area (TPSA) is 85.4 Å². The van der Waals surface area contributed by atoms with Crippen molar-refractivity contribution in [3.8, 4) is 0 Å². The first kappa shape index (κ1) is 17.4. The fraction of sp³-hybridized carbons (Fsp3) is 0.765. The van der Waals surface area contributed by atoms with Gasteiger partial charge in [-0.3, -0.25) is 9.69 Å². The van der Waals surface area contributed by atoms with Gasteiger partial charge in [0.2, 0.25) is 5.91 Å². The van der Waals surface area contributed by atoms with Crippen LogP contribution in [-0.2, 0) is 9.53 Å². The van der Waals surface area contributed by atoms with Crippen molar-refractivity contribution in [2.45, 2.75) is 44.7 Å². The van der Waals surface area contributed by atoms with E-state index in [0.29, 0.717) is 18.3 Å². The zero-order valence-corrected chi connectivity index (χ0v) is 14.5. The predicted octanol–water partition coefficient (Wildman–Crippen LogP) is 1.23. The Labute approximate surface area is 143 Å². The zero-order valence-electron chi connectivity index (χ0n) is 14.5. The van der Waals surface area contributed by atoms with Gasteiger partial charge in [0, 0.05) is 39.0 Å². The molecular formula is C17H29N5O2. The molecule has 3 N–H and O–H groups in total. The van der Waals surface area contributed by atoms with Gasteiger partial charge in [0.15, 0.2) is 5.82 Å². The van der Waals surface area contributed by atoms with E-state index in [9.17, 15) is 4.79 Å². The maximum atomic E-state index is 11.9. The van der Waals surface area contributed by atoms with Crippen LogP contribution in [-0.4, -0.2) is 59.2 Å². The summed E-state index contributed by atoms with van der Waals surface area (Å²) in [6.07, 6.45) is 7.66. The number of carbonyl (C=O) groups excluding carboxylic acids is 1. The van der Waals surface area contributed by atoms with Crippen LogP contribution in [0, 0.1) is 5.92 Å². The number of imidazole rings is 1. The standard InChI is InChI=1S/C17H29N5O2/c1-2-3-15(18)17(23)20-16-11-22(12-19-16)14-9-21(10-14)8-13-4-6-24-7-5-13/h11-15H,2-10,18H2,1H3,(H,20,23)/t15-/m0/s1. The summed E-state index contributed by atoms with van der Waals surface area (Å²) in [6, 6.07) is -0.00822. The van der Waals surface area contributed by atoms with Gasteiger partial charge in [-0.15, -0.1) is 0 Å². The minimum Gasteiger partial charge on any atom is -0.381 e. The van der Waals surface area contributed by atoms with Crippen LogP contribution in [0.4, 0.5) is 5.82 Å². The number of nitrogens with zero attached hydrogens (tertiary/aromatic N) is 3. The lowest BCUT2D eigenvalue weighted by Crippen LogP contribution is -2.49. The maximum absolute atomic E-state index is 11.9. The Balaban J connectivity index is 1.42. The molecule has 24 heavy (non-hydrogen) atoms. The number of anilines is 1. The molecule has 7 heteroatoms. The molecule has 2 saturated heterocycles. The molecule has 1 aromatic rings. The largest absolute Gasteiger partial charge is 0.381 e. The fourth-order valence-corrected chi connectivity index (χ4v) is 3.44. The van der Waals surface area contributed by atoms with Crippen molar-refractivity contribution in [1.82, 2.24) is 14.5 Å². The highest BCUT2D eigenvalue weighted by atomic mass is 16.5. The van der Waals surface area contributed by atoms with Crippen LogP contribution in [0.25, 0.3) is 0 Å². The highest BCUT2D eigenvalue weighted by Gasteiger charge is 2.30. The van der Waals surface area contributed by atoms with Crippen molar-refractivity contribution < 1.29 is 9.53 Å². The molecule has 134 valence electrons. The molecule has 1 atom stereocenters. The van der Waals surface area contributed by atoms with Crippen LogP contribution in [0.15, 0.2) is 12.5 Å². The van der Waals surface area contributed by atoms with E-state index < -0.39 is 6.04 Å². The average Bonchev–Trinajstić information content (AvgIpc) is 2.99. The molecule has 0 spiro atoms. The molecule has 0 unspecified atom stereocenters. The third-order valence-corrected chi connectivity index (χ3v) is 5.01. The summed E-state index contributed by atoms with van der Waals surface area (Å²) in [5.41, 5.74) is 5.82. The van der Waals surface area contributed by atoms with Gasteiger partial charge >= 0.3 is 0 Å². The van der Waals surface area contributed by atoms with Crippen LogP contribution in [0.3, 0.4) is 0 Å². The molecule has 0 bridgehead atoms. The Hall–Kier alpha value is -1.44. The Bertz CT molecular complexity index is 535. The second-order valence-electron chi connectivity index (χ2n) is 7.02. The predicted molar refractivity (Wildman–Crippen MR) is 92.8 cm³/mol. The van der Waals surface area contributed by atoms with E-state index in [0.717, 1.165) is 38.6 Å². The Morgan fingerprint density at radius 1 is 1.46 bits per heavy atom. The molecule has 3 rings (SSSR count). The molecule has 2 aliphatic heterocycles. The lowest BCUT2D eigenvalue weighted by atomic mass is 9.97. The normalized spacial score (nSPS) is 21.4. The lowest BCUT2D eigenvalue weighted by molar-refractivity contribution is -0.117. The summed E-state index contributed by atoms with van der Waals surface area (Å²) < 4.78 is 7.51. The average molecular weight is 335 g/mol. The summed E-state index contributed by atoms with van der Waals surface area (Å²) in [6.45, 7) is 7.11. The number of likely N-dealkylation sites (tertiary alicyclic amines) is 1. The van der Waals surface area contributed by atoms with Gasteiger partial charge in [-0.1, -0.05) is 13.3 Å². The summed E-state index contributed by atoms with van der Waals surface area (Å²) in [7, 11) is 0. The molecule has 3 heterocycles. The highest BCUT2D eigenvalue weighted by molar-refractivity contribution is 5.93. The molecule has 2 aliphatic rings. The molecule has 0 aliphatic carbocycles. The van der Waals surface area contributed by atoms with Crippen molar-refractivity contribution in [3.05, 3.63) is 12.5 Å². The second kappa shape index (κ2) is 8.09. The van der Waals surface area contributed by atoms with Crippen LogP contribution in [0.2, 0.25) is 0 Å². The van der Waals surface area contributed by atoms with Crippen LogP contribution in [0.1, 0.15) is 38.6 Å². The van der Waals surface area contributed by atoms with E-state index in [4.69, 9.17) is 10.5 Å². The summed E-state index contributed by atoms with van der Waals surface area (Å²) in [5.74, 6) is 1.21. The van der Waals surface area contributed by atoms with Crippen LogP contribution >= 0.6 is 0 Å². The van der Waals surface area contributed by atoms with Gasteiger partial charge < -0.3 is 20.4 Å². The minimum atomic E-state index is -0.459. The molecule has 1 aromatic heterocycles. The van der Waals surface area contributed by atoms with Gasteiger partial charge in [0.1, 0.15) is 0 Å². The van der Waals surface area contributed by atoms with E-state index in [1.807, 2.05) is 13.1 Å². The number of hydrogen-bond donors (Lipinski definition) is 2. The monoisotopic (exact) mass is 335 g/mol. The SMILES string of the molecule is CCC[C@H](N)C(=O)Nc1cn(C2CN(CC3CCOCC3)C2)cn1. The number of rotatable bonds is 7. The Morgan fingerprint density at radius 2 is 2.21 bits per heavy atom. The number of nitrogens with one attached hydrogen (secondary N) is 1. The quantitative estimate of drug-likeness (QED) is 0.783. The molecule has 1 amide bonds. The smallest absolute Gasteiger partial charge is 0.242 e.